The fourth-order valence-corrected chi connectivity index (χ4v) is 3.75. The van der Waals surface area contributed by atoms with Crippen molar-refractivity contribution in [2.24, 2.45) is 0 Å². The Morgan fingerprint density at radius 3 is 2.64 bits per heavy atom. The Bertz CT molecular complexity index is 990. The first-order chi connectivity index (χ1) is 11.8. The van der Waals surface area contributed by atoms with Gasteiger partial charge in [0, 0.05) is 12.0 Å². The van der Waals surface area contributed by atoms with Gasteiger partial charge < -0.3 is 10.3 Å². The van der Waals surface area contributed by atoms with Crippen LogP contribution < -0.4 is 10.9 Å². The molecule has 2 aromatic heterocycles. The van der Waals surface area contributed by atoms with E-state index in [9.17, 15) is 14.0 Å². The Balaban J connectivity index is 1.81. The number of nitrogens with zero attached hydrogens (tertiary/aromatic N) is 1. The highest BCUT2D eigenvalue weighted by atomic mass is 32.1. The van der Waals surface area contributed by atoms with Crippen LogP contribution in [0.1, 0.15) is 34.6 Å². The van der Waals surface area contributed by atoms with Gasteiger partial charge in [0.1, 0.15) is 10.6 Å². The Morgan fingerprint density at radius 2 is 2.00 bits per heavy atom. The van der Waals surface area contributed by atoms with Crippen molar-refractivity contribution in [1.82, 2.24) is 15.3 Å². The number of fused-ring (bicyclic) bond motifs is 1. The molecule has 0 fully saturated rings. The van der Waals surface area contributed by atoms with E-state index in [1.165, 1.54) is 29.8 Å². The number of aromatic nitrogens is 2. The SMILES string of the molecule is Cc1c(C(=O)NCC(C)(C)c2ccc(F)cc2)sc2nc[nH]c(=O)c12. The van der Waals surface area contributed by atoms with Crippen LogP contribution in [0.2, 0.25) is 0 Å². The van der Waals surface area contributed by atoms with E-state index in [2.05, 4.69) is 15.3 Å². The van der Waals surface area contributed by atoms with E-state index in [4.69, 9.17) is 0 Å². The summed E-state index contributed by atoms with van der Waals surface area (Å²) in [4.78, 5) is 32.2. The van der Waals surface area contributed by atoms with Gasteiger partial charge in [-0.15, -0.1) is 11.3 Å². The van der Waals surface area contributed by atoms with Crippen LogP contribution in [0.3, 0.4) is 0 Å². The number of carbonyl (C=O) groups is 1. The zero-order chi connectivity index (χ0) is 18.2. The summed E-state index contributed by atoms with van der Waals surface area (Å²) in [6, 6.07) is 6.26. The number of carbonyl (C=O) groups excluding carboxylic acids is 1. The van der Waals surface area contributed by atoms with Crippen LogP contribution in [0, 0.1) is 12.7 Å². The highest BCUT2D eigenvalue weighted by molar-refractivity contribution is 7.20. The molecule has 2 N–H and O–H groups in total. The third-order valence-electron chi connectivity index (χ3n) is 4.26. The quantitative estimate of drug-likeness (QED) is 0.751. The van der Waals surface area contributed by atoms with E-state index in [1.807, 2.05) is 13.8 Å². The summed E-state index contributed by atoms with van der Waals surface area (Å²) in [5.41, 5.74) is 0.959. The van der Waals surface area contributed by atoms with Crippen LogP contribution in [0.4, 0.5) is 4.39 Å². The summed E-state index contributed by atoms with van der Waals surface area (Å²) in [7, 11) is 0. The van der Waals surface area contributed by atoms with Crippen LogP contribution >= 0.6 is 11.3 Å². The van der Waals surface area contributed by atoms with E-state index < -0.39 is 0 Å². The van der Waals surface area contributed by atoms with E-state index in [-0.39, 0.29) is 22.7 Å². The first-order valence-electron chi connectivity index (χ1n) is 7.80. The number of aromatic amines is 1. The molecule has 1 amide bonds. The molecule has 0 aliphatic heterocycles. The van der Waals surface area contributed by atoms with Gasteiger partial charge >= 0.3 is 0 Å². The molecule has 0 aliphatic rings. The van der Waals surface area contributed by atoms with Gasteiger partial charge in [0.05, 0.1) is 16.6 Å². The molecule has 0 bridgehead atoms. The lowest BCUT2D eigenvalue weighted by molar-refractivity contribution is 0.0949. The van der Waals surface area contributed by atoms with Crippen molar-refractivity contribution >= 4 is 27.5 Å². The van der Waals surface area contributed by atoms with E-state index >= 15 is 0 Å². The molecular weight excluding hydrogens is 341 g/mol. The molecule has 0 unspecified atom stereocenters. The number of aryl methyl sites for hydroxylation is 1. The van der Waals surface area contributed by atoms with Gasteiger partial charge in [-0.2, -0.15) is 0 Å². The second kappa shape index (κ2) is 6.40. The molecule has 5 nitrogen and oxygen atoms in total. The second-order valence-electron chi connectivity index (χ2n) is 6.54. The summed E-state index contributed by atoms with van der Waals surface area (Å²) < 4.78 is 13.1. The standard InChI is InChI=1S/C18H18FN3O2S/c1-10-13-15(23)21-9-22-17(13)25-14(10)16(24)20-8-18(2,3)11-4-6-12(19)7-5-11/h4-7,9H,8H2,1-3H3,(H,20,24)(H,21,22,23). The average Bonchev–Trinajstić information content (AvgIpc) is 2.91. The third kappa shape index (κ3) is 3.32. The molecule has 0 aliphatic carbocycles. The van der Waals surface area contributed by atoms with Gasteiger partial charge in [0.25, 0.3) is 11.5 Å². The smallest absolute Gasteiger partial charge is 0.261 e. The maximum Gasteiger partial charge on any atom is 0.261 e. The Hall–Kier alpha value is -2.54. The van der Waals surface area contributed by atoms with Crippen LogP contribution in [-0.4, -0.2) is 22.4 Å². The predicted octanol–water partition coefficient (Wildman–Crippen LogP) is 3.14. The summed E-state index contributed by atoms with van der Waals surface area (Å²) >= 11 is 1.20. The first-order valence-corrected chi connectivity index (χ1v) is 8.62. The number of hydrogen-bond acceptors (Lipinski definition) is 4. The number of halogens is 1. The summed E-state index contributed by atoms with van der Waals surface area (Å²) in [5, 5.41) is 3.37. The molecule has 3 aromatic rings. The molecule has 0 saturated carbocycles. The topological polar surface area (TPSA) is 74.8 Å². The zero-order valence-electron chi connectivity index (χ0n) is 14.1. The van der Waals surface area contributed by atoms with Gasteiger partial charge in [0.15, 0.2) is 0 Å². The highest BCUT2D eigenvalue weighted by Crippen LogP contribution is 2.27. The van der Waals surface area contributed by atoms with Crippen molar-refractivity contribution in [2.75, 3.05) is 6.54 Å². The minimum absolute atomic E-state index is 0.241. The fourth-order valence-electron chi connectivity index (χ4n) is 2.68. The van der Waals surface area contributed by atoms with Gasteiger partial charge in [0.2, 0.25) is 0 Å². The number of rotatable bonds is 4. The number of amides is 1. The molecule has 25 heavy (non-hydrogen) atoms. The number of H-pyrrole nitrogens is 1. The Labute approximate surface area is 147 Å². The third-order valence-corrected chi connectivity index (χ3v) is 5.45. The maximum atomic E-state index is 13.1. The first kappa shape index (κ1) is 17.3. The number of nitrogens with one attached hydrogen (secondary N) is 2. The molecule has 3 rings (SSSR count). The van der Waals surface area contributed by atoms with Crippen molar-refractivity contribution in [3.8, 4) is 0 Å². The van der Waals surface area contributed by atoms with Crippen molar-refractivity contribution < 1.29 is 9.18 Å². The molecular formula is C18H18FN3O2S. The summed E-state index contributed by atoms with van der Waals surface area (Å²) in [6.07, 6.45) is 1.33. The van der Waals surface area contributed by atoms with Gasteiger partial charge in [-0.3, -0.25) is 9.59 Å². The molecule has 7 heteroatoms. The molecule has 1 aromatic carbocycles. The van der Waals surface area contributed by atoms with Crippen LogP contribution in [0.5, 0.6) is 0 Å². The fraction of sp³-hybridized carbons (Fsp3) is 0.278. The monoisotopic (exact) mass is 359 g/mol. The minimum Gasteiger partial charge on any atom is -0.350 e. The largest absolute Gasteiger partial charge is 0.350 e. The normalized spacial score (nSPS) is 11.7. The lowest BCUT2D eigenvalue weighted by Gasteiger charge is -2.25. The predicted molar refractivity (Wildman–Crippen MR) is 96.7 cm³/mol. The average molecular weight is 359 g/mol. The molecule has 0 radical (unpaired) electrons. The van der Waals surface area contributed by atoms with Gasteiger partial charge in [-0.1, -0.05) is 26.0 Å². The summed E-state index contributed by atoms with van der Waals surface area (Å²) in [5.74, 6) is -0.530. The van der Waals surface area contributed by atoms with Crippen molar-refractivity contribution in [2.45, 2.75) is 26.2 Å². The van der Waals surface area contributed by atoms with Gasteiger partial charge in [-0.25, -0.2) is 9.37 Å². The van der Waals surface area contributed by atoms with E-state index in [0.29, 0.717) is 27.2 Å². The number of benzene rings is 1. The van der Waals surface area contributed by atoms with Crippen LogP contribution in [0.25, 0.3) is 10.2 Å². The van der Waals surface area contributed by atoms with Crippen LogP contribution in [-0.2, 0) is 5.41 Å². The van der Waals surface area contributed by atoms with Gasteiger partial charge in [-0.05, 0) is 30.2 Å². The zero-order valence-corrected chi connectivity index (χ0v) is 15.0. The van der Waals surface area contributed by atoms with E-state index in [0.717, 1.165) is 5.56 Å². The molecule has 2 heterocycles. The lowest BCUT2D eigenvalue weighted by Crippen LogP contribution is -2.36. The molecule has 0 spiro atoms. The Kier molecular flexibility index (Phi) is 4.43. The molecule has 130 valence electrons. The molecule has 0 atom stereocenters. The van der Waals surface area contributed by atoms with Crippen molar-refractivity contribution in [1.29, 1.82) is 0 Å². The lowest BCUT2D eigenvalue weighted by atomic mass is 9.84. The van der Waals surface area contributed by atoms with Crippen LogP contribution in [0.15, 0.2) is 35.4 Å². The molecule has 0 saturated heterocycles. The van der Waals surface area contributed by atoms with Crippen molar-refractivity contribution in [3.05, 3.63) is 62.8 Å². The maximum absolute atomic E-state index is 13.1. The summed E-state index contributed by atoms with van der Waals surface area (Å²) in [6.45, 7) is 6.08. The van der Waals surface area contributed by atoms with E-state index in [1.54, 1.807) is 19.1 Å². The second-order valence-corrected chi connectivity index (χ2v) is 7.54. The Morgan fingerprint density at radius 1 is 1.32 bits per heavy atom. The van der Waals surface area contributed by atoms with Crippen molar-refractivity contribution in [3.63, 3.8) is 0 Å². The minimum atomic E-state index is -0.357. The number of hydrogen-bond donors (Lipinski definition) is 2. The highest BCUT2D eigenvalue weighted by Gasteiger charge is 2.24. The number of thiophene rings is 1.